The molecule has 0 spiro atoms. The Kier molecular flexibility index (Phi) is 6.42. The van der Waals surface area contributed by atoms with Gasteiger partial charge in [-0.3, -0.25) is 9.10 Å². The van der Waals surface area contributed by atoms with E-state index in [0.29, 0.717) is 18.7 Å². The third-order valence-corrected chi connectivity index (χ3v) is 5.39. The molecule has 0 aromatic heterocycles. The van der Waals surface area contributed by atoms with Crippen molar-refractivity contribution in [2.75, 3.05) is 10.6 Å². The highest BCUT2D eigenvalue weighted by molar-refractivity contribution is 7.92. The first-order chi connectivity index (χ1) is 12.2. The maximum Gasteiger partial charge on any atom is 0.244 e. The lowest BCUT2D eigenvalue weighted by Crippen LogP contribution is -2.49. The van der Waals surface area contributed by atoms with Crippen molar-refractivity contribution in [3.05, 3.63) is 65.2 Å². The van der Waals surface area contributed by atoms with E-state index in [0.717, 1.165) is 22.9 Å². The largest absolute Gasteiger partial charge is 0.350 e. The monoisotopic (exact) mass is 374 g/mol. The second kappa shape index (κ2) is 8.36. The van der Waals surface area contributed by atoms with E-state index in [1.807, 2.05) is 57.2 Å². The summed E-state index contributed by atoms with van der Waals surface area (Å²) in [5, 5.41) is 2.86. The predicted octanol–water partition coefficient (Wildman–Crippen LogP) is 3.16. The van der Waals surface area contributed by atoms with Crippen LogP contribution in [0.25, 0.3) is 0 Å². The van der Waals surface area contributed by atoms with Gasteiger partial charge in [-0.1, -0.05) is 54.4 Å². The molecule has 0 saturated carbocycles. The van der Waals surface area contributed by atoms with Crippen molar-refractivity contribution < 1.29 is 13.2 Å². The fourth-order valence-corrected chi connectivity index (χ4v) is 3.98. The van der Waals surface area contributed by atoms with Gasteiger partial charge in [0.1, 0.15) is 6.04 Å². The van der Waals surface area contributed by atoms with Gasteiger partial charge in [0.15, 0.2) is 0 Å². The van der Waals surface area contributed by atoms with Gasteiger partial charge in [0, 0.05) is 6.54 Å². The quantitative estimate of drug-likeness (QED) is 0.809. The lowest BCUT2D eigenvalue weighted by Gasteiger charge is -2.30. The van der Waals surface area contributed by atoms with E-state index in [4.69, 9.17) is 0 Å². The predicted molar refractivity (Wildman–Crippen MR) is 106 cm³/mol. The number of sulfonamides is 1. The van der Waals surface area contributed by atoms with Crippen LogP contribution < -0.4 is 9.62 Å². The number of hydrogen-bond donors (Lipinski definition) is 1. The highest BCUT2D eigenvalue weighted by Gasteiger charge is 2.31. The average Bonchev–Trinajstić information content (AvgIpc) is 2.59. The molecule has 26 heavy (non-hydrogen) atoms. The number of anilines is 1. The zero-order valence-electron chi connectivity index (χ0n) is 15.7. The van der Waals surface area contributed by atoms with Gasteiger partial charge in [-0.15, -0.1) is 0 Å². The van der Waals surface area contributed by atoms with Crippen molar-refractivity contribution >= 4 is 21.6 Å². The molecule has 0 bridgehead atoms. The molecule has 1 N–H and O–H groups in total. The lowest BCUT2D eigenvalue weighted by atomic mass is 10.1. The Hall–Kier alpha value is -2.34. The number of benzene rings is 2. The van der Waals surface area contributed by atoms with Gasteiger partial charge in [0.25, 0.3) is 0 Å². The van der Waals surface area contributed by atoms with Crippen molar-refractivity contribution in [3.8, 4) is 0 Å². The molecule has 2 rings (SSSR count). The first kappa shape index (κ1) is 20.0. The van der Waals surface area contributed by atoms with Crippen LogP contribution in [0.5, 0.6) is 0 Å². The second-order valence-electron chi connectivity index (χ2n) is 6.52. The first-order valence-electron chi connectivity index (χ1n) is 8.61. The molecule has 2 aromatic carbocycles. The minimum atomic E-state index is -3.60. The number of carbonyl (C=O) groups is 1. The van der Waals surface area contributed by atoms with Gasteiger partial charge in [-0.05, 0) is 38.0 Å². The molecule has 140 valence electrons. The number of amides is 1. The Morgan fingerprint density at radius 1 is 1.00 bits per heavy atom. The van der Waals surface area contributed by atoms with Gasteiger partial charge in [-0.25, -0.2) is 8.42 Å². The number of nitrogens with zero attached hydrogens (tertiary/aromatic N) is 1. The van der Waals surface area contributed by atoms with Crippen LogP contribution in [0.4, 0.5) is 5.69 Å². The normalized spacial score (nSPS) is 12.5. The highest BCUT2D eigenvalue weighted by atomic mass is 32.2. The number of rotatable bonds is 7. The molecule has 2 aromatic rings. The number of aryl methyl sites for hydroxylation is 2. The molecule has 0 radical (unpaired) electrons. The molecular formula is C20H26N2O3S. The summed E-state index contributed by atoms with van der Waals surface area (Å²) in [5.41, 5.74) is 3.64. The smallest absolute Gasteiger partial charge is 0.244 e. The Labute approximate surface area is 156 Å². The fourth-order valence-electron chi connectivity index (χ4n) is 2.76. The van der Waals surface area contributed by atoms with E-state index in [1.165, 1.54) is 4.31 Å². The molecule has 1 amide bonds. The van der Waals surface area contributed by atoms with E-state index < -0.39 is 16.1 Å². The van der Waals surface area contributed by atoms with Crippen LogP contribution in [0.1, 0.15) is 30.0 Å². The SMILES string of the molecule is CCC(C(=O)NCc1ccc(C)cc1)N(c1ccc(C)cc1)S(C)(=O)=O. The molecule has 5 nitrogen and oxygen atoms in total. The standard InChI is InChI=1S/C20H26N2O3S/c1-5-19(20(23)21-14-17-10-6-15(2)7-11-17)22(26(4,24)25)18-12-8-16(3)9-13-18/h6-13,19H,5,14H2,1-4H3,(H,21,23). The average molecular weight is 375 g/mol. The Balaban J connectivity index is 2.22. The van der Waals surface area contributed by atoms with Gasteiger partial charge in [0.2, 0.25) is 15.9 Å². The molecular weight excluding hydrogens is 348 g/mol. The first-order valence-corrected chi connectivity index (χ1v) is 10.5. The van der Waals surface area contributed by atoms with Gasteiger partial charge >= 0.3 is 0 Å². The summed E-state index contributed by atoms with van der Waals surface area (Å²) in [6, 6.07) is 14.2. The van der Waals surface area contributed by atoms with Crippen LogP contribution in [0.3, 0.4) is 0 Å². The van der Waals surface area contributed by atoms with Crippen molar-refractivity contribution in [3.63, 3.8) is 0 Å². The summed E-state index contributed by atoms with van der Waals surface area (Å²) >= 11 is 0. The second-order valence-corrected chi connectivity index (χ2v) is 8.38. The van der Waals surface area contributed by atoms with Crippen molar-refractivity contribution in [2.45, 2.75) is 39.8 Å². The van der Waals surface area contributed by atoms with Gasteiger partial charge < -0.3 is 5.32 Å². The van der Waals surface area contributed by atoms with E-state index in [-0.39, 0.29) is 5.91 Å². The minimum absolute atomic E-state index is 0.306. The third-order valence-electron chi connectivity index (χ3n) is 4.21. The topological polar surface area (TPSA) is 66.5 Å². The molecule has 1 atom stereocenters. The molecule has 0 heterocycles. The maximum atomic E-state index is 12.7. The third kappa shape index (κ3) is 5.08. The summed E-state index contributed by atoms with van der Waals surface area (Å²) in [5.74, 6) is -0.306. The molecule has 1 unspecified atom stereocenters. The van der Waals surface area contributed by atoms with Gasteiger partial charge in [-0.2, -0.15) is 0 Å². The molecule has 6 heteroatoms. The number of hydrogen-bond acceptors (Lipinski definition) is 3. The Morgan fingerprint density at radius 3 is 1.96 bits per heavy atom. The zero-order valence-corrected chi connectivity index (χ0v) is 16.5. The van der Waals surface area contributed by atoms with Crippen molar-refractivity contribution in [2.24, 2.45) is 0 Å². The summed E-state index contributed by atoms with van der Waals surface area (Å²) < 4.78 is 26.0. The Bertz CT molecular complexity index is 844. The van der Waals surface area contributed by atoms with Crippen LogP contribution >= 0.6 is 0 Å². The minimum Gasteiger partial charge on any atom is -0.350 e. The molecule has 0 aliphatic heterocycles. The van der Waals surface area contributed by atoms with Crippen LogP contribution in [-0.4, -0.2) is 26.6 Å². The van der Waals surface area contributed by atoms with E-state index in [1.54, 1.807) is 12.1 Å². The maximum absolute atomic E-state index is 12.7. The highest BCUT2D eigenvalue weighted by Crippen LogP contribution is 2.23. The van der Waals surface area contributed by atoms with E-state index in [9.17, 15) is 13.2 Å². The van der Waals surface area contributed by atoms with E-state index in [2.05, 4.69) is 5.32 Å². The van der Waals surface area contributed by atoms with Crippen LogP contribution in [0, 0.1) is 13.8 Å². The van der Waals surface area contributed by atoms with E-state index >= 15 is 0 Å². The number of nitrogens with one attached hydrogen (secondary N) is 1. The zero-order chi connectivity index (χ0) is 19.3. The molecule has 0 fully saturated rings. The van der Waals surface area contributed by atoms with Crippen molar-refractivity contribution in [1.82, 2.24) is 5.32 Å². The fraction of sp³-hybridized carbons (Fsp3) is 0.350. The lowest BCUT2D eigenvalue weighted by molar-refractivity contribution is -0.122. The molecule has 0 aliphatic rings. The van der Waals surface area contributed by atoms with Crippen LogP contribution in [0.2, 0.25) is 0 Å². The summed E-state index contributed by atoms with van der Waals surface area (Å²) in [7, 11) is -3.60. The Morgan fingerprint density at radius 2 is 1.50 bits per heavy atom. The molecule has 0 saturated heterocycles. The van der Waals surface area contributed by atoms with Crippen LogP contribution in [-0.2, 0) is 21.4 Å². The summed E-state index contributed by atoms with van der Waals surface area (Å²) in [6.45, 7) is 6.10. The summed E-state index contributed by atoms with van der Waals surface area (Å²) in [4.78, 5) is 12.7. The van der Waals surface area contributed by atoms with Gasteiger partial charge in [0.05, 0.1) is 11.9 Å². The molecule has 0 aliphatic carbocycles. The van der Waals surface area contributed by atoms with Crippen LogP contribution in [0.15, 0.2) is 48.5 Å². The summed E-state index contributed by atoms with van der Waals surface area (Å²) in [6.07, 6.45) is 1.50. The van der Waals surface area contributed by atoms with Crippen molar-refractivity contribution in [1.29, 1.82) is 0 Å². The number of carbonyl (C=O) groups excluding carboxylic acids is 1.